The molecule has 88 valence electrons. The molecule has 0 atom stereocenters. The lowest BCUT2D eigenvalue weighted by Gasteiger charge is -2.09. The van der Waals surface area contributed by atoms with Gasteiger partial charge >= 0.3 is 0 Å². The molecule has 1 aromatic heterocycles. The lowest BCUT2D eigenvalue weighted by molar-refractivity contribution is 0.447. The number of phenols is 1. The third kappa shape index (κ3) is 2.28. The average molecular weight is 231 g/mol. The predicted molar refractivity (Wildman–Crippen MR) is 64.1 cm³/mol. The molecule has 0 fully saturated rings. The molecule has 2 rings (SSSR count). The number of hydrogen-bond acceptors (Lipinski definition) is 5. The Morgan fingerprint density at radius 3 is 2.71 bits per heavy atom. The fourth-order valence-electron chi connectivity index (χ4n) is 1.30. The van der Waals surface area contributed by atoms with Crippen molar-refractivity contribution in [3.05, 3.63) is 35.8 Å². The summed E-state index contributed by atoms with van der Waals surface area (Å²) in [7, 11) is 0. The molecule has 0 amide bonds. The van der Waals surface area contributed by atoms with Crippen LogP contribution in [0.4, 0.5) is 5.69 Å². The van der Waals surface area contributed by atoms with E-state index in [1.54, 1.807) is 12.1 Å². The lowest BCUT2D eigenvalue weighted by atomic mass is 10.3. The van der Waals surface area contributed by atoms with Gasteiger partial charge in [0.25, 0.3) is 0 Å². The molecule has 1 heterocycles. The summed E-state index contributed by atoms with van der Waals surface area (Å²) >= 11 is 0. The molecular weight excluding hydrogens is 218 g/mol. The number of rotatable bonds is 2. The van der Waals surface area contributed by atoms with E-state index in [1.165, 1.54) is 12.3 Å². The molecule has 0 bridgehead atoms. The number of hydrogen-bond donors (Lipinski definition) is 2. The Balaban J connectivity index is 2.31. The van der Waals surface area contributed by atoms with E-state index >= 15 is 0 Å². The molecule has 3 N–H and O–H groups in total. The van der Waals surface area contributed by atoms with Gasteiger partial charge in [-0.3, -0.25) is 4.98 Å². The van der Waals surface area contributed by atoms with Crippen molar-refractivity contribution in [3.8, 4) is 17.4 Å². The fourth-order valence-corrected chi connectivity index (χ4v) is 1.30. The van der Waals surface area contributed by atoms with Gasteiger partial charge in [-0.1, -0.05) is 6.07 Å². The average Bonchev–Trinajstić information content (AvgIpc) is 2.30. The minimum absolute atomic E-state index is 0.0145. The van der Waals surface area contributed by atoms with E-state index in [4.69, 9.17) is 10.5 Å². The van der Waals surface area contributed by atoms with Gasteiger partial charge in [-0.15, -0.1) is 0 Å². The summed E-state index contributed by atoms with van der Waals surface area (Å²) in [5.41, 5.74) is 7.50. The van der Waals surface area contributed by atoms with Gasteiger partial charge in [0, 0.05) is 0 Å². The van der Waals surface area contributed by atoms with E-state index in [-0.39, 0.29) is 11.4 Å². The highest BCUT2D eigenvalue weighted by molar-refractivity contribution is 5.62. The topological polar surface area (TPSA) is 81.3 Å². The first-order valence-electron chi connectivity index (χ1n) is 5.13. The van der Waals surface area contributed by atoms with Crippen LogP contribution in [0.2, 0.25) is 0 Å². The number of aromatic hydroxyl groups is 1. The van der Waals surface area contributed by atoms with Crippen molar-refractivity contribution in [2.75, 3.05) is 5.73 Å². The Hall–Kier alpha value is -2.30. The van der Waals surface area contributed by atoms with Crippen LogP contribution in [0.25, 0.3) is 0 Å². The van der Waals surface area contributed by atoms with Crippen molar-refractivity contribution in [2.45, 2.75) is 13.8 Å². The minimum atomic E-state index is -0.0145. The highest BCUT2D eigenvalue weighted by atomic mass is 16.5. The van der Waals surface area contributed by atoms with Crippen LogP contribution in [0.5, 0.6) is 17.4 Å². The van der Waals surface area contributed by atoms with Gasteiger partial charge in [0.1, 0.15) is 11.4 Å². The molecule has 5 nitrogen and oxygen atoms in total. The number of nitrogen functional groups attached to an aromatic ring is 1. The molecule has 0 aliphatic rings. The molecule has 0 saturated heterocycles. The van der Waals surface area contributed by atoms with E-state index in [0.29, 0.717) is 11.6 Å². The number of ether oxygens (including phenoxy) is 1. The summed E-state index contributed by atoms with van der Waals surface area (Å²) in [6.45, 7) is 3.72. The summed E-state index contributed by atoms with van der Waals surface area (Å²) in [5.74, 6) is 0.701. The van der Waals surface area contributed by atoms with E-state index < -0.39 is 0 Å². The van der Waals surface area contributed by atoms with Gasteiger partial charge in [0.05, 0.1) is 17.6 Å². The second kappa shape index (κ2) is 4.29. The number of benzene rings is 1. The quantitative estimate of drug-likeness (QED) is 0.611. The molecular formula is C12H13N3O2. The van der Waals surface area contributed by atoms with Crippen LogP contribution in [0.15, 0.2) is 24.4 Å². The van der Waals surface area contributed by atoms with Gasteiger partial charge in [-0.2, -0.15) is 0 Å². The maximum atomic E-state index is 9.44. The summed E-state index contributed by atoms with van der Waals surface area (Å²) in [6.07, 6.45) is 1.52. The highest BCUT2D eigenvalue weighted by Crippen LogP contribution is 2.32. The second-order valence-electron chi connectivity index (χ2n) is 3.67. The fraction of sp³-hybridized carbons (Fsp3) is 0.167. The molecule has 0 spiro atoms. The molecule has 0 aliphatic carbocycles. The van der Waals surface area contributed by atoms with Crippen LogP contribution in [0, 0.1) is 13.8 Å². The van der Waals surface area contributed by atoms with Crippen molar-refractivity contribution >= 4 is 5.69 Å². The summed E-state index contributed by atoms with van der Waals surface area (Å²) in [5, 5.41) is 9.44. The maximum Gasteiger partial charge on any atom is 0.238 e. The zero-order valence-electron chi connectivity index (χ0n) is 9.64. The van der Waals surface area contributed by atoms with Crippen LogP contribution in [0.3, 0.4) is 0 Å². The Kier molecular flexibility index (Phi) is 2.82. The molecule has 1 aromatic carbocycles. The number of aryl methyl sites for hydroxylation is 2. The number of aromatic nitrogens is 2. The van der Waals surface area contributed by atoms with Crippen molar-refractivity contribution < 1.29 is 9.84 Å². The maximum absolute atomic E-state index is 9.44. The van der Waals surface area contributed by atoms with Gasteiger partial charge in [0.15, 0.2) is 5.75 Å². The third-order valence-corrected chi connectivity index (χ3v) is 2.43. The van der Waals surface area contributed by atoms with E-state index in [0.717, 1.165) is 11.4 Å². The molecule has 2 aromatic rings. The van der Waals surface area contributed by atoms with Gasteiger partial charge in [0.2, 0.25) is 5.88 Å². The SMILES string of the molecule is Cc1ncc(Oc2cccc(O)c2N)nc1C. The van der Waals surface area contributed by atoms with Crippen LogP contribution < -0.4 is 10.5 Å². The number of nitrogens with two attached hydrogens (primary N) is 1. The van der Waals surface area contributed by atoms with Crippen molar-refractivity contribution in [3.63, 3.8) is 0 Å². The van der Waals surface area contributed by atoms with Crippen molar-refractivity contribution in [1.29, 1.82) is 0 Å². The molecule has 0 saturated carbocycles. The second-order valence-corrected chi connectivity index (χ2v) is 3.67. The minimum Gasteiger partial charge on any atom is -0.506 e. The Morgan fingerprint density at radius 2 is 2.00 bits per heavy atom. The van der Waals surface area contributed by atoms with E-state index in [1.807, 2.05) is 13.8 Å². The first-order valence-corrected chi connectivity index (χ1v) is 5.13. The summed E-state index contributed by atoms with van der Waals surface area (Å²) < 4.78 is 5.47. The molecule has 0 radical (unpaired) electrons. The number of phenolic OH excluding ortho intramolecular Hbond substituents is 1. The number of nitrogens with zero attached hydrogens (tertiary/aromatic N) is 2. The predicted octanol–water partition coefficient (Wildman–Crippen LogP) is 2.17. The highest BCUT2D eigenvalue weighted by Gasteiger charge is 2.07. The Labute approximate surface area is 98.9 Å². The first kappa shape index (κ1) is 11.2. The van der Waals surface area contributed by atoms with Gasteiger partial charge < -0.3 is 15.6 Å². The molecule has 17 heavy (non-hydrogen) atoms. The Morgan fingerprint density at radius 1 is 1.24 bits per heavy atom. The summed E-state index contributed by atoms with van der Waals surface area (Å²) in [6, 6.07) is 4.80. The smallest absolute Gasteiger partial charge is 0.238 e. The normalized spacial score (nSPS) is 10.2. The number of anilines is 1. The van der Waals surface area contributed by atoms with E-state index in [2.05, 4.69) is 9.97 Å². The Bertz CT molecular complexity index is 555. The van der Waals surface area contributed by atoms with Gasteiger partial charge in [-0.25, -0.2) is 4.98 Å². The molecule has 0 aliphatic heterocycles. The van der Waals surface area contributed by atoms with Crippen molar-refractivity contribution in [2.24, 2.45) is 0 Å². The van der Waals surface area contributed by atoms with Gasteiger partial charge in [-0.05, 0) is 26.0 Å². The molecule has 0 unspecified atom stereocenters. The number of para-hydroxylation sites is 1. The zero-order chi connectivity index (χ0) is 12.4. The lowest BCUT2D eigenvalue weighted by Crippen LogP contribution is -1.97. The third-order valence-electron chi connectivity index (χ3n) is 2.43. The van der Waals surface area contributed by atoms with Crippen molar-refractivity contribution in [1.82, 2.24) is 9.97 Å². The largest absolute Gasteiger partial charge is 0.506 e. The van der Waals surface area contributed by atoms with Crippen LogP contribution in [-0.2, 0) is 0 Å². The van der Waals surface area contributed by atoms with E-state index in [9.17, 15) is 5.11 Å². The van der Waals surface area contributed by atoms with Crippen LogP contribution >= 0.6 is 0 Å². The summed E-state index contributed by atoms with van der Waals surface area (Å²) in [4.78, 5) is 8.35. The van der Waals surface area contributed by atoms with Crippen LogP contribution in [0.1, 0.15) is 11.4 Å². The monoisotopic (exact) mass is 231 g/mol. The first-order chi connectivity index (χ1) is 8.08. The molecule has 5 heteroatoms. The van der Waals surface area contributed by atoms with Crippen LogP contribution in [-0.4, -0.2) is 15.1 Å². The zero-order valence-corrected chi connectivity index (χ0v) is 9.64. The standard InChI is InChI=1S/C12H13N3O2/c1-7-8(2)15-11(6-14-7)17-10-5-3-4-9(16)12(10)13/h3-6,16H,13H2,1-2H3.